The Morgan fingerprint density at radius 3 is 2.67 bits per heavy atom. The number of hydrogen-bond donors (Lipinski definition) is 2. The topological polar surface area (TPSA) is 86.5 Å². The maximum absolute atomic E-state index is 13.4. The van der Waals surface area contributed by atoms with Crippen LogP contribution in [0.1, 0.15) is 51.9 Å². The molecule has 3 aliphatic heterocycles. The number of nitrogens with zero attached hydrogens (tertiary/aromatic N) is 3. The van der Waals surface area contributed by atoms with Crippen molar-refractivity contribution in [3.63, 3.8) is 0 Å². The molecule has 0 bridgehead atoms. The van der Waals surface area contributed by atoms with Gasteiger partial charge in [-0.3, -0.25) is 9.79 Å². The molecule has 0 aromatic carbocycles. The number of nitrogens with one attached hydrogen (secondary N) is 1. The summed E-state index contributed by atoms with van der Waals surface area (Å²) in [4.78, 5) is 25.0. The van der Waals surface area contributed by atoms with Crippen LogP contribution in [0.15, 0.2) is 21.8 Å². The molecular weight excluding hydrogens is 380 g/mol. The van der Waals surface area contributed by atoms with Crippen LogP contribution in [0.25, 0.3) is 0 Å². The minimum Gasteiger partial charge on any atom is -0.393 e. The molecule has 0 spiro atoms. The summed E-state index contributed by atoms with van der Waals surface area (Å²) in [7, 11) is 1.71. The highest BCUT2D eigenvalue weighted by molar-refractivity contribution is 6.03. The van der Waals surface area contributed by atoms with Gasteiger partial charge in [-0.15, -0.1) is 0 Å². The highest BCUT2D eigenvalue weighted by Crippen LogP contribution is 2.39. The highest BCUT2D eigenvalue weighted by atomic mass is 16.5. The van der Waals surface area contributed by atoms with E-state index in [1.807, 2.05) is 11.1 Å². The number of methoxy groups -OCH3 is 1. The number of ether oxygens (including phenoxy) is 1. The number of carbonyl (C=O) groups is 1. The van der Waals surface area contributed by atoms with E-state index < -0.39 is 0 Å². The molecule has 7 nitrogen and oxygen atoms in total. The number of fused-ring (bicyclic) bond motifs is 1. The maximum Gasteiger partial charge on any atom is 0.237 e. The van der Waals surface area contributed by atoms with Gasteiger partial charge in [-0.1, -0.05) is 6.92 Å². The Kier molecular flexibility index (Phi) is 7.01. The summed E-state index contributed by atoms with van der Waals surface area (Å²) in [6, 6.07) is 0.113. The Morgan fingerprint density at radius 1 is 1.23 bits per heavy atom. The fourth-order valence-corrected chi connectivity index (χ4v) is 5.36. The second kappa shape index (κ2) is 9.71. The van der Waals surface area contributed by atoms with Crippen molar-refractivity contribution in [3.8, 4) is 0 Å². The Morgan fingerprint density at radius 2 is 1.97 bits per heavy atom. The van der Waals surface area contributed by atoms with Crippen LogP contribution in [-0.2, 0) is 9.53 Å². The van der Waals surface area contributed by atoms with Crippen molar-refractivity contribution in [2.45, 2.75) is 70.1 Å². The summed E-state index contributed by atoms with van der Waals surface area (Å²) < 4.78 is 5.27. The Labute approximate surface area is 179 Å². The zero-order valence-corrected chi connectivity index (χ0v) is 18.3. The number of carbonyl (C=O) groups excluding carboxylic acids is 1. The van der Waals surface area contributed by atoms with Gasteiger partial charge in [-0.05, 0) is 69.0 Å². The van der Waals surface area contributed by atoms with Crippen molar-refractivity contribution < 1.29 is 14.6 Å². The summed E-state index contributed by atoms with van der Waals surface area (Å²) in [6.07, 6.45) is 10.1. The van der Waals surface area contributed by atoms with Gasteiger partial charge >= 0.3 is 0 Å². The lowest BCUT2D eigenvalue weighted by atomic mass is 9.75. The van der Waals surface area contributed by atoms with E-state index >= 15 is 0 Å². The van der Waals surface area contributed by atoms with Crippen LogP contribution in [0.5, 0.6) is 0 Å². The monoisotopic (exact) mass is 416 g/mol. The van der Waals surface area contributed by atoms with E-state index in [0.29, 0.717) is 18.4 Å². The molecule has 2 fully saturated rings. The molecule has 30 heavy (non-hydrogen) atoms. The van der Waals surface area contributed by atoms with Gasteiger partial charge < -0.3 is 20.1 Å². The largest absolute Gasteiger partial charge is 0.393 e. The molecule has 3 heterocycles. The molecule has 1 saturated carbocycles. The van der Waals surface area contributed by atoms with Crippen LogP contribution >= 0.6 is 0 Å². The van der Waals surface area contributed by atoms with E-state index in [0.717, 1.165) is 63.9 Å². The van der Waals surface area contributed by atoms with E-state index in [4.69, 9.17) is 9.73 Å². The molecule has 1 amide bonds. The Hall–Kier alpha value is -1.57. The summed E-state index contributed by atoms with van der Waals surface area (Å²) in [5.41, 5.74) is 1.27. The number of rotatable bonds is 6. The molecule has 2 N–H and O–H groups in total. The first-order valence-electron chi connectivity index (χ1n) is 11.6. The molecule has 0 aromatic rings. The summed E-state index contributed by atoms with van der Waals surface area (Å²) in [5.74, 6) is 1.39. The quantitative estimate of drug-likeness (QED) is 0.695. The van der Waals surface area contributed by atoms with Gasteiger partial charge in [0.2, 0.25) is 5.91 Å². The molecule has 166 valence electrons. The van der Waals surface area contributed by atoms with Crippen molar-refractivity contribution in [2.24, 2.45) is 27.7 Å². The van der Waals surface area contributed by atoms with Crippen LogP contribution in [0.4, 0.5) is 0 Å². The van der Waals surface area contributed by atoms with Gasteiger partial charge in [0.25, 0.3) is 0 Å². The molecule has 3 atom stereocenters. The van der Waals surface area contributed by atoms with Crippen LogP contribution in [0.2, 0.25) is 0 Å². The Bertz CT molecular complexity index is 705. The van der Waals surface area contributed by atoms with Crippen LogP contribution in [0.3, 0.4) is 0 Å². The molecule has 4 aliphatic rings. The van der Waals surface area contributed by atoms with Gasteiger partial charge in [0.15, 0.2) is 0 Å². The molecule has 1 aliphatic carbocycles. The third-order valence-electron chi connectivity index (χ3n) is 7.03. The minimum absolute atomic E-state index is 0.141. The number of aliphatic hydroxyl groups is 1. The molecular formula is C23H36N4O3. The zero-order valence-electron chi connectivity index (χ0n) is 18.3. The van der Waals surface area contributed by atoms with Crippen molar-refractivity contribution in [3.05, 3.63) is 11.8 Å². The molecule has 4 rings (SSSR count). The average molecular weight is 417 g/mol. The van der Waals surface area contributed by atoms with Gasteiger partial charge in [0, 0.05) is 38.6 Å². The molecule has 3 unspecified atom stereocenters. The van der Waals surface area contributed by atoms with Gasteiger partial charge in [-0.2, -0.15) is 0 Å². The molecule has 1 saturated heterocycles. The predicted octanol–water partition coefficient (Wildman–Crippen LogP) is 2.16. The number of aliphatic imine (C=N–C) groups is 2. The van der Waals surface area contributed by atoms with E-state index in [9.17, 15) is 9.90 Å². The maximum atomic E-state index is 13.4. The standard InChI is InChI=1S/C23H36N4O3/c1-15(14-30-2)11-21-25-12-19-22(26-21)20(16-3-5-18(28)6-4-16)13-27(23(19)29)17-7-9-24-10-8-17/h12-13,15-19,22,24,28H,3-11,14H2,1-2H3. The van der Waals surface area contributed by atoms with Crippen LogP contribution in [0, 0.1) is 17.8 Å². The summed E-state index contributed by atoms with van der Waals surface area (Å²) >= 11 is 0. The zero-order chi connectivity index (χ0) is 21.1. The number of amides is 1. The number of piperidine rings is 1. The minimum atomic E-state index is -0.298. The van der Waals surface area contributed by atoms with Gasteiger partial charge in [0.1, 0.15) is 11.8 Å². The third kappa shape index (κ3) is 4.68. The first-order chi connectivity index (χ1) is 14.6. The van der Waals surface area contributed by atoms with Gasteiger partial charge in [0.05, 0.1) is 12.1 Å². The van der Waals surface area contributed by atoms with Gasteiger partial charge in [-0.25, -0.2) is 4.99 Å². The van der Waals surface area contributed by atoms with Crippen LogP contribution < -0.4 is 5.32 Å². The fourth-order valence-electron chi connectivity index (χ4n) is 5.36. The Balaban J connectivity index is 1.61. The van der Waals surface area contributed by atoms with E-state index in [2.05, 4.69) is 23.4 Å². The van der Waals surface area contributed by atoms with Crippen LogP contribution in [-0.4, -0.2) is 73.0 Å². The molecule has 7 heteroatoms. The lowest BCUT2D eigenvalue weighted by Gasteiger charge is -2.43. The fraction of sp³-hybridized carbons (Fsp3) is 0.783. The predicted molar refractivity (Wildman–Crippen MR) is 118 cm³/mol. The average Bonchev–Trinajstić information content (AvgIpc) is 2.75. The normalized spacial score (nSPS) is 33.7. The number of amidine groups is 1. The number of aliphatic hydroxyl groups excluding tert-OH is 1. The summed E-state index contributed by atoms with van der Waals surface area (Å²) in [5, 5.41) is 13.4. The second-order valence-corrected chi connectivity index (χ2v) is 9.42. The van der Waals surface area contributed by atoms with Crippen molar-refractivity contribution >= 4 is 18.0 Å². The summed E-state index contributed by atoms with van der Waals surface area (Å²) in [6.45, 7) is 4.72. The van der Waals surface area contributed by atoms with Crippen molar-refractivity contribution in [1.82, 2.24) is 10.2 Å². The van der Waals surface area contributed by atoms with Crippen molar-refractivity contribution in [1.29, 1.82) is 0 Å². The number of hydrogen-bond acceptors (Lipinski definition) is 6. The van der Waals surface area contributed by atoms with E-state index in [1.54, 1.807) is 7.11 Å². The first-order valence-corrected chi connectivity index (χ1v) is 11.6. The molecule has 0 radical (unpaired) electrons. The highest BCUT2D eigenvalue weighted by Gasteiger charge is 2.43. The lowest BCUT2D eigenvalue weighted by molar-refractivity contribution is -0.134. The first kappa shape index (κ1) is 21.7. The second-order valence-electron chi connectivity index (χ2n) is 9.42. The SMILES string of the molecule is COCC(C)CC1=NC2C(C3CCC(O)CC3)=CN(C3CCNCC3)C(=O)C2C=N1. The lowest BCUT2D eigenvalue weighted by Crippen LogP contribution is -2.52. The third-order valence-corrected chi connectivity index (χ3v) is 7.03. The van der Waals surface area contributed by atoms with E-state index in [-0.39, 0.29) is 30.0 Å². The van der Waals surface area contributed by atoms with Crippen molar-refractivity contribution in [2.75, 3.05) is 26.8 Å². The smallest absolute Gasteiger partial charge is 0.237 e. The molecule has 0 aromatic heterocycles. The van der Waals surface area contributed by atoms with E-state index in [1.165, 1.54) is 5.57 Å².